The fourth-order valence-electron chi connectivity index (χ4n) is 4.24. The molecular formula is C26H31N7O3. The third-order valence-corrected chi connectivity index (χ3v) is 6.04. The molecule has 0 bridgehead atoms. The van der Waals surface area contributed by atoms with Gasteiger partial charge in [-0.05, 0) is 51.0 Å². The fourth-order valence-corrected chi connectivity index (χ4v) is 4.24. The highest BCUT2D eigenvalue weighted by molar-refractivity contribution is 6.04. The molecule has 36 heavy (non-hydrogen) atoms. The Kier molecular flexibility index (Phi) is 6.11. The van der Waals surface area contributed by atoms with Gasteiger partial charge < -0.3 is 24.4 Å². The quantitative estimate of drug-likeness (QED) is 0.419. The summed E-state index contributed by atoms with van der Waals surface area (Å²) in [5, 5.41) is 9.29. The Balaban J connectivity index is 1.28. The van der Waals surface area contributed by atoms with E-state index in [2.05, 4.69) is 39.2 Å². The minimum absolute atomic E-state index is 0.212. The van der Waals surface area contributed by atoms with Crippen LogP contribution >= 0.6 is 0 Å². The second-order valence-corrected chi connectivity index (χ2v) is 10.3. The lowest BCUT2D eigenvalue weighted by Crippen LogP contribution is -2.50. The van der Waals surface area contributed by atoms with Crippen LogP contribution in [0.5, 0.6) is 0 Å². The first kappa shape index (κ1) is 23.8. The van der Waals surface area contributed by atoms with Gasteiger partial charge in [0, 0.05) is 37.8 Å². The summed E-state index contributed by atoms with van der Waals surface area (Å²) in [6, 6.07) is 7.75. The van der Waals surface area contributed by atoms with Crippen LogP contribution in [0.1, 0.15) is 46.2 Å². The smallest absolute Gasteiger partial charge is 0.410 e. The zero-order chi connectivity index (χ0) is 25.4. The molecule has 1 fully saturated rings. The van der Waals surface area contributed by atoms with Crippen LogP contribution in [0.4, 0.5) is 22.2 Å². The molecule has 1 amide bonds. The maximum atomic E-state index is 12.3. The molecular weight excluding hydrogens is 458 g/mol. The lowest BCUT2D eigenvalue weighted by Gasteiger charge is -2.36. The molecule has 0 saturated carbocycles. The second kappa shape index (κ2) is 9.25. The first-order valence-electron chi connectivity index (χ1n) is 12.2. The predicted molar refractivity (Wildman–Crippen MR) is 139 cm³/mol. The maximum Gasteiger partial charge on any atom is 0.410 e. The van der Waals surface area contributed by atoms with Gasteiger partial charge in [0.25, 0.3) is 0 Å². The second-order valence-electron chi connectivity index (χ2n) is 10.3. The van der Waals surface area contributed by atoms with E-state index in [1.165, 1.54) is 0 Å². The van der Waals surface area contributed by atoms with Gasteiger partial charge in [0.2, 0.25) is 5.95 Å². The number of benzene rings is 1. The summed E-state index contributed by atoms with van der Waals surface area (Å²) >= 11 is 0. The third-order valence-electron chi connectivity index (χ3n) is 6.04. The molecule has 0 unspecified atom stereocenters. The molecule has 10 heteroatoms. The fraction of sp³-hybridized carbons (Fsp3) is 0.423. The number of hydrogen-bond acceptors (Lipinski definition) is 9. The summed E-state index contributed by atoms with van der Waals surface area (Å²) < 4.78 is 11.0. The molecule has 1 aromatic carbocycles. The van der Waals surface area contributed by atoms with Crippen molar-refractivity contribution in [1.82, 2.24) is 25.0 Å². The molecule has 0 radical (unpaired) electrons. The lowest BCUT2D eigenvalue weighted by atomic mass is 10.0. The van der Waals surface area contributed by atoms with Crippen LogP contribution in [0.15, 0.2) is 41.2 Å². The van der Waals surface area contributed by atoms with Crippen LogP contribution < -0.4 is 10.2 Å². The summed E-state index contributed by atoms with van der Waals surface area (Å²) in [5.41, 5.74) is 2.90. The summed E-state index contributed by atoms with van der Waals surface area (Å²) in [4.78, 5) is 30.0. The van der Waals surface area contributed by atoms with Crippen LogP contribution in [-0.4, -0.2) is 62.9 Å². The van der Waals surface area contributed by atoms with Crippen molar-refractivity contribution in [1.29, 1.82) is 0 Å². The van der Waals surface area contributed by atoms with Crippen LogP contribution in [0, 0.1) is 0 Å². The first-order chi connectivity index (χ1) is 17.2. The monoisotopic (exact) mass is 489 g/mol. The van der Waals surface area contributed by atoms with Crippen molar-refractivity contribution in [2.45, 2.75) is 46.1 Å². The topological polar surface area (TPSA) is 110 Å². The number of fused-ring (bicyclic) bond motifs is 3. The number of pyridine rings is 1. The van der Waals surface area contributed by atoms with E-state index in [4.69, 9.17) is 14.2 Å². The third kappa shape index (κ3) is 4.89. The molecule has 0 aliphatic carbocycles. The molecule has 1 N–H and O–H groups in total. The summed E-state index contributed by atoms with van der Waals surface area (Å²) in [5.74, 6) is 1.31. The van der Waals surface area contributed by atoms with Gasteiger partial charge in [-0.2, -0.15) is 0 Å². The Morgan fingerprint density at radius 3 is 2.50 bits per heavy atom. The number of ether oxygens (including phenoxy) is 1. The van der Waals surface area contributed by atoms with Crippen molar-refractivity contribution < 1.29 is 14.1 Å². The standard InChI is InChI=1S/C26H31N7O3/c1-16(2)22-21-19(36-31-22)8-6-17-14-28-24(30-23(17)21)29-20-9-7-18(15-27-20)32-10-12-33(13-11-32)25(34)35-26(3,4)5/h6-9,14-16H,10-13H2,1-5H3,(H,27,28,29,30). The highest BCUT2D eigenvalue weighted by atomic mass is 16.6. The lowest BCUT2D eigenvalue weighted by molar-refractivity contribution is 0.0240. The number of carbonyl (C=O) groups is 1. The van der Waals surface area contributed by atoms with Crippen molar-refractivity contribution in [3.8, 4) is 0 Å². The number of amides is 1. The largest absolute Gasteiger partial charge is 0.444 e. The van der Waals surface area contributed by atoms with Crippen molar-refractivity contribution in [2.24, 2.45) is 0 Å². The average molecular weight is 490 g/mol. The minimum atomic E-state index is -0.492. The molecule has 4 heterocycles. The summed E-state index contributed by atoms with van der Waals surface area (Å²) in [7, 11) is 0. The Labute approximate surface area is 209 Å². The number of nitrogens with one attached hydrogen (secondary N) is 1. The van der Waals surface area contributed by atoms with Gasteiger partial charge in [0.15, 0.2) is 5.58 Å². The van der Waals surface area contributed by atoms with Crippen molar-refractivity contribution in [2.75, 3.05) is 36.4 Å². The maximum absolute atomic E-state index is 12.3. The van der Waals surface area contributed by atoms with E-state index >= 15 is 0 Å². The van der Waals surface area contributed by atoms with E-state index in [0.717, 1.165) is 27.7 Å². The normalized spacial score (nSPS) is 14.6. The molecule has 1 aliphatic rings. The van der Waals surface area contributed by atoms with Gasteiger partial charge in [0.05, 0.1) is 28.5 Å². The Morgan fingerprint density at radius 2 is 1.83 bits per heavy atom. The van der Waals surface area contributed by atoms with E-state index in [1.54, 1.807) is 11.1 Å². The summed E-state index contributed by atoms with van der Waals surface area (Å²) in [6.45, 7) is 12.4. The van der Waals surface area contributed by atoms with Gasteiger partial charge in [-0.15, -0.1) is 0 Å². The summed E-state index contributed by atoms with van der Waals surface area (Å²) in [6.07, 6.45) is 3.35. The molecule has 10 nitrogen and oxygen atoms in total. The Bertz CT molecular complexity index is 1380. The Morgan fingerprint density at radius 1 is 1.06 bits per heavy atom. The number of hydrogen-bond donors (Lipinski definition) is 1. The highest BCUT2D eigenvalue weighted by Crippen LogP contribution is 2.31. The molecule has 188 valence electrons. The van der Waals surface area contributed by atoms with Crippen molar-refractivity contribution >= 4 is 45.4 Å². The van der Waals surface area contributed by atoms with Gasteiger partial charge in [-0.25, -0.2) is 19.7 Å². The van der Waals surface area contributed by atoms with E-state index in [9.17, 15) is 4.79 Å². The molecule has 0 atom stereocenters. The molecule has 5 rings (SSSR count). The van der Waals surface area contributed by atoms with Crippen LogP contribution in [0.2, 0.25) is 0 Å². The number of piperazine rings is 1. The molecule has 4 aromatic rings. The van der Waals surface area contributed by atoms with Crippen LogP contribution in [0.25, 0.3) is 21.9 Å². The zero-order valence-corrected chi connectivity index (χ0v) is 21.3. The Hall–Kier alpha value is -3.95. The minimum Gasteiger partial charge on any atom is -0.444 e. The molecule has 1 aliphatic heterocycles. The van der Waals surface area contributed by atoms with E-state index in [1.807, 2.05) is 51.2 Å². The first-order valence-corrected chi connectivity index (χ1v) is 12.2. The van der Waals surface area contributed by atoms with Crippen molar-refractivity contribution in [3.63, 3.8) is 0 Å². The van der Waals surface area contributed by atoms with Crippen LogP contribution in [0.3, 0.4) is 0 Å². The average Bonchev–Trinajstić information content (AvgIpc) is 3.29. The SMILES string of the molecule is CC(C)c1noc2ccc3cnc(Nc4ccc(N5CCN(C(=O)OC(C)(C)C)CC5)cn4)nc3c12. The van der Waals surface area contributed by atoms with Crippen molar-refractivity contribution in [3.05, 3.63) is 42.4 Å². The zero-order valence-electron chi connectivity index (χ0n) is 21.3. The van der Waals surface area contributed by atoms with Crippen LogP contribution in [-0.2, 0) is 4.74 Å². The van der Waals surface area contributed by atoms with E-state index in [0.29, 0.717) is 43.5 Å². The van der Waals surface area contributed by atoms with Gasteiger partial charge in [0.1, 0.15) is 11.4 Å². The van der Waals surface area contributed by atoms with Gasteiger partial charge >= 0.3 is 6.09 Å². The number of carbonyl (C=O) groups excluding carboxylic acids is 1. The molecule has 0 spiro atoms. The van der Waals surface area contributed by atoms with E-state index < -0.39 is 5.60 Å². The highest BCUT2D eigenvalue weighted by Gasteiger charge is 2.26. The number of nitrogens with zero attached hydrogens (tertiary/aromatic N) is 6. The molecule has 1 saturated heterocycles. The predicted octanol–water partition coefficient (Wildman–Crippen LogP) is 5.09. The number of aromatic nitrogens is 4. The molecule has 3 aromatic heterocycles. The number of rotatable bonds is 4. The van der Waals surface area contributed by atoms with Gasteiger partial charge in [-0.3, -0.25) is 0 Å². The van der Waals surface area contributed by atoms with E-state index in [-0.39, 0.29) is 12.0 Å². The van der Waals surface area contributed by atoms with Gasteiger partial charge in [-0.1, -0.05) is 19.0 Å². The number of anilines is 3.